The minimum absolute atomic E-state index is 0.343. The monoisotopic (exact) mass is 180 g/mol. The van der Waals surface area contributed by atoms with Gasteiger partial charge in [0.2, 0.25) is 0 Å². The van der Waals surface area contributed by atoms with Gasteiger partial charge >= 0.3 is 5.63 Å². The Hall–Kier alpha value is -1.28. The fourth-order valence-corrected chi connectivity index (χ4v) is 1.22. The van der Waals surface area contributed by atoms with Crippen LogP contribution in [-0.4, -0.2) is 0 Å². The highest BCUT2D eigenvalue weighted by Crippen LogP contribution is 2.16. The van der Waals surface area contributed by atoms with Crippen LogP contribution in [-0.2, 0) is 0 Å². The smallest absolute Gasteiger partial charge is 0.336 e. The molecule has 1 aromatic heterocycles. The van der Waals surface area contributed by atoms with Gasteiger partial charge in [-0.2, -0.15) is 0 Å². The molecule has 2 nitrogen and oxygen atoms in total. The molecule has 0 spiro atoms. The minimum atomic E-state index is -0.343. The van der Waals surface area contributed by atoms with E-state index in [4.69, 9.17) is 16.0 Å². The minimum Gasteiger partial charge on any atom is -0.423 e. The van der Waals surface area contributed by atoms with Crippen LogP contribution in [0.3, 0.4) is 0 Å². The second-order valence-corrected chi connectivity index (χ2v) is 2.87. The highest BCUT2D eigenvalue weighted by Gasteiger charge is 1.96. The Morgan fingerprint density at radius 3 is 2.83 bits per heavy atom. The number of rotatable bonds is 0. The van der Waals surface area contributed by atoms with Gasteiger partial charge in [-0.3, -0.25) is 0 Å². The van der Waals surface area contributed by atoms with Gasteiger partial charge in [-0.05, 0) is 24.3 Å². The van der Waals surface area contributed by atoms with E-state index in [1.165, 1.54) is 6.07 Å². The summed E-state index contributed by atoms with van der Waals surface area (Å²) in [4.78, 5) is 10.8. The first-order chi connectivity index (χ1) is 5.75. The maximum absolute atomic E-state index is 10.8. The molecule has 0 N–H and O–H groups in total. The first-order valence-corrected chi connectivity index (χ1v) is 3.83. The summed E-state index contributed by atoms with van der Waals surface area (Å²) in [6.45, 7) is 0. The molecular weight excluding hydrogens is 176 g/mol. The maximum atomic E-state index is 10.8. The maximum Gasteiger partial charge on any atom is 0.336 e. The molecule has 12 heavy (non-hydrogen) atoms. The molecule has 60 valence electrons. The molecule has 0 bridgehead atoms. The molecule has 0 amide bonds. The van der Waals surface area contributed by atoms with E-state index in [1.807, 2.05) is 0 Å². The quantitative estimate of drug-likeness (QED) is 0.583. The first-order valence-electron chi connectivity index (χ1n) is 3.45. The molecule has 0 unspecified atom stereocenters. The van der Waals surface area contributed by atoms with E-state index in [1.54, 1.807) is 24.3 Å². The van der Waals surface area contributed by atoms with Crippen molar-refractivity contribution in [1.82, 2.24) is 0 Å². The number of halogens is 1. The van der Waals surface area contributed by atoms with Gasteiger partial charge < -0.3 is 4.42 Å². The Morgan fingerprint density at radius 2 is 2.00 bits per heavy atom. The van der Waals surface area contributed by atoms with Crippen molar-refractivity contribution in [3.05, 3.63) is 45.8 Å². The lowest BCUT2D eigenvalue weighted by molar-refractivity contribution is 0.561. The number of hydrogen-bond acceptors (Lipinski definition) is 2. The lowest BCUT2D eigenvalue weighted by Crippen LogP contribution is -1.93. The summed E-state index contributed by atoms with van der Waals surface area (Å²) in [5.41, 5.74) is 0.219. The molecule has 0 saturated carbocycles. The van der Waals surface area contributed by atoms with Crippen molar-refractivity contribution in [3.63, 3.8) is 0 Å². The van der Waals surface area contributed by atoms with E-state index < -0.39 is 0 Å². The fraction of sp³-hybridized carbons (Fsp3) is 0. The van der Waals surface area contributed by atoms with E-state index >= 15 is 0 Å². The highest BCUT2D eigenvalue weighted by atomic mass is 35.5. The largest absolute Gasteiger partial charge is 0.423 e. The molecule has 0 aliphatic carbocycles. The third-order valence-electron chi connectivity index (χ3n) is 1.58. The SMILES string of the molecule is O=c1ccc2cc(Cl)ccc2o1. The van der Waals surface area contributed by atoms with E-state index in [0.29, 0.717) is 10.6 Å². The fourth-order valence-electron chi connectivity index (χ4n) is 1.04. The van der Waals surface area contributed by atoms with Crippen molar-refractivity contribution in [2.24, 2.45) is 0 Å². The van der Waals surface area contributed by atoms with Crippen LogP contribution in [0.25, 0.3) is 11.0 Å². The molecule has 0 aliphatic rings. The molecular formula is C9H5ClO2. The van der Waals surface area contributed by atoms with Crippen LogP contribution in [0.15, 0.2) is 39.5 Å². The van der Waals surface area contributed by atoms with Gasteiger partial charge in [0, 0.05) is 16.5 Å². The average molecular weight is 181 g/mol. The van der Waals surface area contributed by atoms with Crippen molar-refractivity contribution in [2.45, 2.75) is 0 Å². The summed E-state index contributed by atoms with van der Waals surface area (Å²) < 4.78 is 4.90. The lowest BCUT2D eigenvalue weighted by Gasteiger charge is -1.94. The topological polar surface area (TPSA) is 30.2 Å². The van der Waals surface area contributed by atoms with E-state index in [0.717, 1.165) is 5.39 Å². The van der Waals surface area contributed by atoms with Crippen molar-refractivity contribution in [1.29, 1.82) is 0 Å². The van der Waals surface area contributed by atoms with Crippen LogP contribution in [0, 0.1) is 0 Å². The lowest BCUT2D eigenvalue weighted by atomic mass is 10.2. The van der Waals surface area contributed by atoms with Gasteiger partial charge in [0.1, 0.15) is 5.58 Å². The van der Waals surface area contributed by atoms with Crippen molar-refractivity contribution in [2.75, 3.05) is 0 Å². The Kier molecular flexibility index (Phi) is 1.62. The highest BCUT2D eigenvalue weighted by molar-refractivity contribution is 6.31. The third-order valence-corrected chi connectivity index (χ3v) is 1.82. The van der Waals surface area contributed by atoms with Gasteiger partial charge in [0.05, 0.1) is 0 Å². The van der Waals surface area contributed by atoms with Crippen LogP contribution in [0.2, 0.25) is 5.02 Å². The van der Waals surface area contributed by atoms with Crippen LogP contribution >= 0.6 is 11.6 Å². The number of fused-ring (bicyclic) bond motifs is 1. The summed E-state index contributed by atoms with van der Waals surface area (Å²) in [7, 11) is 0. The van der Waals surface area contributed by atoms with Gasteiger partial charge in [-0.25, -0.2) is 4.79 Å². The normalized spacial score (nSPS) is 10.4. The van der Waals surface area contributed by atoms with Gasteiger partial charge in [-0.15, -0.1) is 0 Å². The predicted octanol–water partition coefficient (Wildman–Crippen LogP) is 2.45. The van der Waals surface area contributed by atoms with E-state index in [9.17, 15) is 4.79 Å². The Balaban J connectivity index is 2.87. The molecule has 1 heterocycles. The average Bonchev–Trinajstić information content (AvgIpc) is 2.05. The summed E-state index contributed by atoms with van der Waals surface area (Å²) >= 11 is 5.74. The zero-order valence-electron chi connectivity index (χ0n) is 6.08. The van der Waals surface area contributed by atoms with Crippen LogP contribution in [0.1, 0.15) is 0 Å². The molecule has 0 aliphatic heterocycles. The second kappa shape index (κ2) is 2.64. The van der Waals surface area contributed by atoms with Gasteiger partial charge in [-0.1, -0.05) is 11.6 Å². The Morgan fingerprint density at radius 1 is 1.17 bits per heavy atom. The van der Waals surface area contributed by atoms with Crippen LogP contribution < -0.4 is 5.63 Å². The second-order valence-electron chi connectivity index (χ2n) is 2.44. The molecule has 0 radical (unpaired) electrons. The summed E-state index contributed by atoms with van der Waals surface area (Å²) in [6.07, 6.45) is 0. The van der Waals surface area contributed by atoms with Crippen molar-refractivity contribution >= 4 is 22.6 Å². The first kappa shape index (κ1) is 7.37. The Labute approximate surface area is 73.4 Å². The molecule has 2 aromatic rings. The Bertz CT molecular complexity index is 473. The predicted molar refractivity (Wildman–Crippen MR) is 47.5 cm³/mol. The number of hydrogen-bond donors (Lipinski definition) is 0. The van der Waals surface area contributed by atoms with Gasteiger partial charge in [0.15, 0.2) is 0 Å². The molecule has 0 saturated heterocycles. The van der Waals surface area contributed by atoms with Crippen molar-refractivity contribution < 1.29 is 4.42 Å². The van der Waals surface area contributed by atoms with E-state index in [2.05, 4.69) is 0 Å². The third kappa shape index (κ3) is 1.21. The molecule has 1 aromatic carbocycles. The van der Waals surface area contributed by atoms with Crippen LogP contribution in [0.4, 0.5) is 0 Å². The number of benzene rings is 1. The molecule has 0 fully saturated rings. The molecule has 3 heteroatoms. The molecule has 2 rings (SSSR count). The van der Waals surface area contributed by atoms with E-state index in [-0.39, 0.29) is 5.63 Å². The van der Waals surface area contributed by atoms with Gasteiger partial charge in [0.25, 0.3) is 0 Å². The standard InChI is InChI=1S/C9H5ClO2/c10-7-2-3-8-6(5-7)1-4-9(11)12-8/h1-5H. The van der Waals surface area contributed by atoms with Crippen molar-refractivity contribution in [3.8, 4) is 0 Å². The summed E-state index contributed by atoms with van der Waals surface area (Å²) in [5, 5.41) is 1.47. The van der Waals surface area contributed by atoms with Crippen LogP contribution in [0.5, 0.6) is 0 Å². The zero-order chi connectivity index (χ0) is 8.55. The molecule has 0 atom stereocenters. The zero-order valence-corrected chi connectivity index (χ0v) is 6.84. The summed E-state index contributed by atoms with van der Waals surface area (Å²) in [6, 6.07) is 8.18. The summed E-state index contributed by atoms with van der Waals surface area (Å²) in [5.74, 6) is 0.